The van der Waals surface area contributed by atoms with Crippen LogP contribution >= 0.6 is 0 Å². The first-order chi connectivity index (χ1) is 8.58. The number of likely N-dealkylation sites (N-methyl/N-ethyl adjacent to an activating group) is 1. The minimum absolute atomic E-state index is 0.0294. The Morgan fingerprint density at radius 2 is 2.44 bits per heavy atom. The van der Waals surface area contributed by atoms with Crippen LogP contribution in [0.1, 0.15) is 5.56 Å². The van der Waals surface area contributed by atoms with Gasteiger partial charge in [0.1, 0.15) is 17.7 Å². The van der Waals surface area contributed by atoms with Crippen molar-refractivity contribution < 1.29 is 14.3 Å². The summed E-state index contributed by atoms with van der Waals surface area (Å²) >= 11 is 0. The zero-order chi connectivity index (χ0) is 13.1. The van der Waals surface area contributed by atoms with Gasteiger partial charge in [-0.2, -0.15) is 0 Å². The van der Waals surface area contributed by atoms with E-state index in [0.717, 1.165) is 11.3 Å². The van der Waals surface area contributed by atoms with Crippen molar-refractivity contribution in [3.63, 3.8) is 0 Å². The summed E-state index contributed by atoms with van der Waals surface area (Å²) in [7, 11) is 1.85. The van der Waals surface area contributed by atoms with Crippen LogP contribution in [-0.2, 0) is 6.42 Å². The van der Waals surface area contributed by atoms with Gasteiger partial charge < -0.3 is 15.7 Å². The minimum atomic E-state index is -0.247. The maximum absolute atomic E-state index is 13.0. The number of rotatable bonds is 4. The Morgan fingerprint density at radius 3 is 3.17 bits per heavy atom. The number of nitrogens with two attached hydrogens (primary N) is 1. The van der Waals surface area contributed by atoms with E-state index in [1.165, 1.54) is 12.1 Å². The summed E-state index contributed by atoms with van der Waals surface area (Å²) in [6.45, 7) is 0.994. The predicted octanol–water partition coefficient (Wildman–Crippen LogP) is 0.807. The van der Waals surface area contributed by atoms with Crippen LogP contribution in [0.4, 0.5) is 4.39 Å². The molecular weight excluding hydrogens is 237 g/mol. The lowest BCUT2D eigenvalue weighted by molar-refractivity contribution is 0.177. The highest BCUT2D eigenvalue weighted by molar-refractivity contribution is 5.81. The van der Waals surface area contributed by atoms with Crippen molar-refractivity contribution in [2.75, 3.05) is 20.1 Å². The quantitative estimate of drug-likeness (QED) is 0.360. The molecule has 6 heteroatoms. The third-order valence-corrected chi connectivity index (χ3v) is 2.84. The number of nitrogens with zero attached hydrogens (tertiary/aromatic N) is 2. The van der Waals surface area contributed by atoms with E-state index in [1.807, 2.05) is 11.9 Å². The predicted molar refractivity (Wildman–Crippen MR) is 65.4 cm³/mol. The monoisotopic (exact) mass is 253 g/mol. The molecule has 0 aliphatic carbocycles. The van der Waals surface area contributed by atoms with E-state index in [1.54, 1.807) is 6.07 Å². The summed E-state index contributed by atoms with van der Waals surface area (Å²) in [5.74, 6) is 0.640. The summed E-state index contributed by atoms with van der Waals surface area (Å²) in [5, 5.41) is 11.4. The number of amidine groups is 1. The van der Waals surface area contributed by atoms with Gasteiger partial charge in [0.25, 0.3) is 0 Å². The fraction of sp³-hybridized carbons (Fsp3) is 0.417. The maximum Gasteiger partial charge on any atom is 0.153 e. The van der Waals surface area contributed by atoms with Gasteiger partial charge in [-0.15, -0.1) is 0 Å². The topological polar surface area (TPSA) is 71.1 Å². The third-order valence-electron chi connectivity index (χ3n) is 2.84. The van der Waals surface area contributed by atoms with Crippen LogP contribution < -0.4 is 10.5 Å². The molecule has 0 saturated heterocycles. The summed E-state index contributed by atoms with van der Waals surface area (Å²) in [4.78, 5) is 1.89. The molecule has 3 N–H and O–H groups in total. The Bertz CT molecular complexity index is 465. The number of fused-ring (bicyclic) bond motifs is 1. The number of benzene rings is 1. The second-order valence-corrected chi connectivity index (χ2v) is 4.48. The lowest BCUT2D eigenvalue weighted by atomic mass is 10.1. The van der Waals surface area contributed by atoms with E-state index in [0.29, 0.717) is 19.5 Å². The molecule has 0 aromatic heterocycles. The molecule has 0 fully saturated rings. The molecule has 1 aliphatic heterocycles. The highest BCUT2D eigenvalue weighted by Crippen LogP contribution is 2.29. The number of oxime groups is 1. The normalized spacial score (nSPS) is 18.8. The molecule has 1 atom stereocenters. The van der Waals surface area contributed by atoms with E-state index in [-0.39, 0.29) is 17.8 Å². The van der Waals surface area contributed by atoms with Crippen LogP contribution in [0.2, 0.25) is 0 Å². The largest absolute Gasteiger partial charge is 0.488 e. The standard InChI is InChI=1S/C12H16FN3O2/c1-16(7-12(14)15-17)6-10-5-8-4-9(13)2-3-11(8)18-10/h2-4,10,17H,5-7H2,1H3,(H2,14,15). The number of hydrogen-bond acceptors (Lipinski definition) is 4. The second kappa shape index (κ2) is 5.22. The van der Waals surface area contributed by atoms with Crippen molar-refractivity contribution >= 4 is 5.84 Å². The van der Waals surface area contributed by atoms with Gasteiger partial charge in [0.05, 0.1) is 6.54 Å². The van der Waals surface area contributed by atoms with Gasteiger partial charge in [-0.1, -0.05) is 5.16 Å². The molecule has 1 aromatic rings. The molecule has 2 rings (SSSR count). The van der Waals surface area contributed by atoms with E-state index < -0.39 is 0 Å². The Morgan fingerprint density at radius 1 is 1.67 bits per heavy atom. The third kappa shape index (κ3) is 2.89. The summed E-state index contributed by atoms with van der Waals surface area (Å²) < 4.78 is 18.7. The molecule has 0 bridgehead atoms. The fourth-order valence-corrected chi connectivity index (χ4v) is 2.11. The summed E-state index contributed by atoms with van der Waals surface area (Å²) in [6, 6.07) is 4.54. The zero-order valence-corrected chi connectivity index (χ0v) is 10.1. The molecule has 1 aliphatic rings. The maximum atomic E-state index is 13.0. The molecule has 98 valence electrons. The molecule has 0 spiro atoms. The number of halogens is 1. The first-order valence-electron chi connectivity index (χ1n) is 5.68. The first-order valence-corrected chi connectivity index (χ1v) is 5.68. The van der Waals surface area contributed by atoms with Crippen LogP contribution in [0, 0.1) is 5.82 Å². The lowest BCUT2D eigenvalue weighted by Crippen LogP contribution is -2.37. The van der Waals surface area contributed by atoms with E-state index in [2.05, 4.69) is 5.16 Å². The van der Waals surface area contributed by atoms with Gasteiger partial charge in [0.15, 0.2) is 5.84 Å². The zero-order valence-electron chi connectivity index (χ0n) is 10.1. The van der Waals surface area contributed by atoms with Gasteiger partial charge in [-0.25, -0.2) is 4.39 Å². The van der Waals surface area contributed by atoms with Crippen LogP contribution in [-0.4, -0.2) is 42.2 Å². The summed E-state index contributed by atoms with van der Waals surface area (Å²) in [5.41, 5.74) is 6.31. The Kier molecular flexibility index (Phi) is 3.66. The molecule has 5 nitrogen and oxygen atoms in total. The SMILES string of the molecule is CN(CC(N)=NO)CC1Cc2cc(F)ccc2O1. The van der Waals surface area contributed by atoms with Gasteiger partial charge in [0, 0.05) is 18.5 Å². The van der Waals surface area contributed by atoms with Crippen LogP contribution in [0.25, 0.3) is 0 Å². The van der Waals surface area contributed by atoms with Crippen molar-refractivity contribution in [3.8, 4) is 5.75 Å². The lowest BCUT2D eigenvalue weighted by Gasteiger charge is -2.19. The smallest absolute Gasteiger partial charge is 0.153 e. The molecule has 0 amide bonds. The highest BCUT2D eigenvalue weighted by atomic mass is 19.1. The van der Waals surface area contributed by atoms with Gasteiger partial charge in [0.2, 0.25) is 0 Å². The number of hydrogen-bond donors (Lipinski definition) is 2. The fourth-order valence-electron chi connectivity index (χ4n) is 2.11. The van der Waals surface area contributed by atoms with Crippen molar-refractivity contribution in [1.29, 1.82) is 0 Å². The average molecular weight is 253 g/mol. The highest BCUT2D eigenvalue weighted by Gasteiger charge is 2.24. The Hall–Kier alpha value is -1.82. The molecule has 1 aromatic carbocycles. The Labute approximate surface area is 105 Å². The Balaban J connectivity index is 1.91. The van der Waals surface area contributed by atoms with Crippen LogP contribution in [0.15, 0.2) is 23.4 Å². The van der Waals surface area contributed by atoms with Crippen molar-refractivity contribution in [1.82, 2.24) is 4.90 Å². The van der Waals surface area contributed by atoms with Gasteiger partial charge >= 0.3 is 0 Å². The van der Waals surface area contributed by atoms with Crippen molar-refractivity contribution in [2.24, 2.45) is 10.9 Å². The molecule has 0 radical (unpaired) electrons. The number of ether oxygens (including phenoxy) is 1. The first kappa shape index (κ1) is 12.6. The van der Waals surface area contributed by atoms with Crippen LogP contribution in [0.5, 0.6) is 5.75 Å². The molecule has 1 heterocycles. The van der Waals surface area contributed by atoms with Crippen molar-refractivity contribution in [2.45, 2.75) is 12.5 Å². The summed E-state index contributed by atoms with van der Waals surface area (Å²) in [6.07, 6.45) is 0.645. The van der Waals surface area contributed by atoms with Gasteiger partial charge in [-0.3, -0.25) is 4.90 Å². The molecule has 1 unspecified atom stereocenters. The molecule has 0 saturated carbocycles. The van der Waals surface area contributed by atoms with Gasteiger partial charge in [-0.05, 0) is 25.2 Å². The van der Waals surface area contributed by atoms with E-state index in [9.17, 15) is 4.39 Å². The van der Waals surface area contributed by atoms with E-state index in [4.69, 9.17) is 15.7 Å². The minimum Gasteiger partial charge on any atom is -0.488 e. The second-order valence-electron chi connectivity index (χ2n) is 4.48. The molecular formula is C12H16FN3O2. The average Bonchev–Trinajstić information content (AvgIpc) is 2.69. The van der Waals surface area contributed by atoms with Crippen LogP contribution in [0.3, 0.4) is 0 Å². The van der Waals surface area contributed by atoms with Crippen molar-refractivity contribution in [3.05, 3.63) is 29.6 Å². The van der Waals surface area contributed by atoms with E-state index >= 15 is 0 Å². The molecule has 18 heavy (non-hydrogen) atoms.